The predicted molar refractivity (Wildman–Crippen MR) is 81.1 cm³/mol. The van der Waals surface area contributed by atoms with Crippen LogP contribution < -0.4 is 5.32 Å². The number of pyridine rings is 1. The molecule has 20 heavy (non-hydrogen) atoms. The molecule has 0 aromatic carbocycles. The standard InChI is InChI=1S/C15H23N5/c1-12-9-14(20-15(10-12)17-11-18-20)16-7-8-19(2)13-5-3-4-6-13/h9-11,13,16H,3-8H2,1-2H3. The van der Waals surface area contributed by atoms with Crippen molar-refractivity contribution in [3.8, 4) is 0 Å². The zero-order chi connectivity index (χ0) is 13.9. The molecule has 1 aliphatic rings. The van der Waals surface area contributed by atoms with E-state index in [1.54, 1.807) is 6.33 Å². The summed E-state index contributed by atoms with van der Waals surface area (Å²) in [6.07, 6.45) is 7.09. The minimum Gasteiger partial charge on any atom is -0.369 e. The summed E-state index contributed by atoms with van der Waals surface area (Å²) in [7, 11) is 2.24. The number of anilines is 1. The number of likely N-dealkylation sites (N-methyl/N-ethyl adjacent to an activating group) is 1. The van der Waals surface area contributed by atoms with Crippen molar-refractivity contribution >= 4 is 11.5 Å². The maximum Gasteiger partial charge on any atom is 0.157 e. The second kappa shape index (κ2) is 5.79. The molecule has 2 aromatic heterocycles. The van der Waals surface area contributed by atoms with Crippen LogP contribution in [0.5, 0.6) is 0 Å². The van der Waals surface area contributed by atoms with Gasteiger partial charge >= 0.3 is 0 Å². The number of nitrogens with one attached hydrogen (secondary N) is 1. The number of fused-ring (bicyclic) bond motifs is 1. The van der Waals surface area contributed by atoms with Gasteiger partial charge in [0.05, 0.1) is 0 Å². The molecule has 2 aromatic rings. The lowest BCUT2D eigenvalue weighted by Crippen LogP contribution is -2.33. The zero-order valence-electron chi connectivity index (χ0n) is 12.3. The largest absolute Gasteiger partial charge is 0.369 e. The molecule has 0 spiro atoms. The first-order valence-electron chi connectivity index (χ1n) is 7.48. The van der Waals surface area contributed by atoms with E-state index in [1.165, 1.54) is 31.2 Å². The summed E-state index contributed by atoms with van der Waals surface area (Å²) >= 11 is 0. The van der Waals surface area contributed by atoms with E-state index in [2.05, 4.69) is 40.3 Å². The van der Waals surface area contributed by atoms with Crippen LogP contribution in [0.4, 0.5) is 5.82 Å². The number of hydrogen-bond donors (Lipinski definition) is 1. The third-order valence-electron chi connectivity index (χ3n) is 4.24. The van der Waals surface area contributed by atoms with Gasteiger partial charge in [0.1, 0.15) is 12.1 Å². The summed E-state index contributed by atoms with van der Waals surface area (Å²) in [5.41, 5.74) is 2.11. The summed E-state index contributed by atoms with van der Waals surface area (Å²) in [4.78, 5) is 6.73. The van der Waals surface area contributed by atoms with Crippen LogP contribution in [0.1, 0.15) is 31.2 Å². The lowest BCUT2D eigenvalue weighted by atomic mass is 10.2. The molecular weight excluding hydrogens is 250 g/mol. The summed E-state index contributed by atoms with van der Waals surface area (Å²) in [6, 6.07) is 4.95. The van der Waals surface area contributed by atoms with Crippen molar-refractivity contribution in [3.63, 3.8) is 0 Å². The molecule has 0 radical (unpaired) electrons. The summed E-state index contributed by atoms with van der Waals surface area (Å²) < 4.78 is 1.86. The minimum atomic E-state index is 0.778. The van der Waals surface area contributed by atoms with Crippen molar-refractivity contribution in [2.75, 3.05) is 25.5 Å². The van der Waals surface area contributed by atoms with Crippen LogP contribution in [0.25, 0.3) is 5.65 Å². The summed E-state index contributed by atoms with van der Waals surface area (Å²) in [6.45, 7) is 4.09. The van der Waals surface area contributed by atoms with E-state index in [4.69, 9.17) is 0 Å². The number of hydrogen-bond acceptors (Lipinski definition) is 4. The van der Waals surface area contributed by atoms with Crippen molar-refractivity contribution in [3.05, 3.63) is 24.0 Å². The Morgan fingerprint density at radius 1 is 1.35 bits per heavy atom. The normalized spacial score (nSPS) is 16.4. The van der Waals surface area contributed by atoms with Crippen LogP contribution in [-0.2, 0) is 0 Å². The molecule has 0 atom stereocenters. The molecule has 1 saturated carbocycles. The summed E-state index contributed by atoms with van der Waals surface area (Å²) in [5.74, 6) is 1.03. The maximum atomic E-state index is 4.26. The highest BCUT2D eigenvalue weighted by atomic mass is 15.3. The Labute approximate surface area is 120 Å². The number of rotatable bonds is 5. The lowest BCUT2D eigenvalue weighted by Gasteiger charge is -2.24. The van der Waals surface area contributed by atoms with Crippen LogP contribution in [0.15, 0.2) is 18.5 Å². The van der Waals surface area contributed by atoms with Gasteiger partial charge in [0.2, 0.25) is 0 Å². The number of nitrogens with zero attached hydrogens (tertiary/aromatic N) is 4. The van der Waals surface area contributed by atoms with Crippen LogP contribution >= 0.6 is 0 Å². The Morgan fingerprint density at radius 3 is 2.95 bits per heavy atom. The second-order valence-electron chi connectivity index (χ2n) is 5.79. The van der Waals surface area contributed by atoms with E-state index in [0.29, 0.717) is 0 Å². The number of aromatic nitrogens is 3. The molecule has 5 nitrogen and oxygen atoms in total. The third-order valence-corrected chi connectivity index (χ3v) is 4.24. The van der Waals surface area contributed by atoms with Crippen molar-refractivity contribution in [1.29, 1.82) is 0 Å². The second-order valence-corrected chi connectivity index (χ2v) is 5.79. The first kappa shape index (κ1) is 13.4. The SMILES string of the molecule is Cc1cc(NCCN(C)C2CCCC2)n2ncnc2c1. The van der Waals surface area contributed by atoms with Gasteiger partial charge in [-0.1, -0.05) is 12.8 Å². The maximum absolute atomic E-state index is 4.26. The number of aryl methyl sites for hydroxylation is 1. The third kappa shape index (κ3) is 2.77. The monoisotopic (exact) mass is 273 g/mol. The van der Waals surface area contributed by atoms with Gasteiger partial charge in [0.15, 0.2) is 5.65 Å². The molecule has 0 bridgehead atoms. The van der Waals surface area contributed by atoms with Crippen molar-refractivity contribution in [2.45, 2.75) is 38.6 Å². The van der Waals surface area contributed by atoms with Crippen LogP contribution in [0.2, 0.25) is 0 Å². The van der Waals surface area contributed by atoms with Gasteiger partial charge in [-0.05, 0) is 44.5 Å². The van der Waals surface area contributed by atoms with Gasteiger partial charge in [0.25, 0.3) is 0 Å². The van der Waals surface area contributed by atoms with Gasteiger partial charge in [-0.2, -0.15) is 9.61 Å². The lowest BCUT2D eigenvalue weighted by molar-refractivity contribution is 0.254. The first-order valence-corrected chi connectivity index (χ1v) is 7.48. The molecule has 1 aliphatic carbocycles. The minimum absolute atomic E-state index is 0.778. The highest BCUT2D eigenvalue weighted by molar-refractivity contribution is 5.51. The average Bonchev–Trinajstić information content (AvgIpc) is 3.09. The highest BCUT2D eigenvalue weighted by Gasteiger charge is 2.18. The molecule has 108 valence electrons. The molecule has 0 aliphatic heterocycles. The molecule has 2 heterocycles. The fourth-order valence-corrected chi connectivity index (χ4v) is 3.07. The van der Waals surface area contributed by atoms with Crippen LogP contribution in [-0.4, -0.2) is 45.7 Å². The first-order chi connectivity index (χ1) is 9.74. The fraction of sp³-hybridized carbons (Fsp3) is 0.600. The van der Waals surface area contributed by atoms with Crippen molar-refractivity contribution < 1.29 is 0 Å². The van der Waals surface area contributed by atoms with E-state index in [-0.39, 0.29) is 0 Å². The predicted octanol–water partition coefficient (Wildman–Crippen LogP) is 2.32. The van der Waals surface area contributed by atoms with E-state index in [1.807, 2.05) is 10.6 Å². The highest BCUT2D eigenvalue weighted by Crippen LogP contribution is 2.22. The summed E-state index contributed by atoms with van der Waals surface area (Å²) in [5, 5.41) is 7.75. The molecule has 5 heteroatoms. The molecule has 1 fully saturated rings. The van der Waals surface area contributed by atoms with Gasteiger partial charge in [-0.15, -0.1) is 0 Å². The van der Waals surface area contributed by atoms with E-state index in [0.717, 1.165) is 30.6 Å². The molecule has 1 N–H and O–H groups in total. The molecule has 3 rings (SSSR count). The quantitative estimate of drug-likeness (QED) is 0.908. The molecule has 0 amide bonds. The Morgan fingerprint density at radius 2 is 2.15 bits per heavy atom. The molecular formula is C15H23N5. The van der Waals surface area contributed by atoms with E-state index in [9.17, 15) is 0 Å². The van der Waals surface area contributed by atoms with Crippen LogP contribution in [0.3, 0.4) is 0 Å². The van der Waals surface area contributed by atoms with Gasteiger partial charge in [0, 0.05) is 19.1 Å². The fourth-order valence-electron chi connectivity index (χ4n) is 3.07. The topological polar surface area (TPSA) is 45.5 Å². The zero-order valence-corrected chi connectivity index (χ0v) is 12.3. The van der Waals surface area contributed by atoms with Crippen molar-refractivity contribution in [2.24, 2.45) is 0 Å². The molecule has 0 saturated heterocycles. The Bertz CT molecular complexity index is 571. The molecule has 0 unspecified atom stereocenters. The van der Waals surface area contributed by atoms with Crippen LogP contribution in [0, 0.1) is 6.92 Å². The van der Waals surface area contributed by atoms with E-state index >= 15 is 0 Å². The van der Waals surface area contributed by atoms with Gasteiger partial charge in [-0.3, -0.25) is 0 Å². The Balaban J connectivity index is 1.60. The van der Waals surface area contributed by atoms with E-state index < -0.39 is 0 Å². The van der Waals surface area contributed by atoms with Gasteiger partial charge in [-0.25, -0.2) is 4.98 Å². The average molecular weight is 273 g/mol. The van der Waals surface area contributed by atoms with Gasteiger partial charge < -0.3 is 10.2 Å². The Kier molecular flexibility index (Phi) is 3.87. The smallest absolute Gasteiger partial charge is 0.157 e. The van der Waals surface area contributed by atoms with Crippen molar-refractivity contribution in [1.82, 2.24) is 19.5 Å². The Hall–Kier alpha value is -1.62.